The van der Waals surface area contributed by atoms with Crippen LogP contribution in [0.25, 0.3) is 0 Å². The van der Waals surface area contributed by atoms with E-state index in [2.05, 4.69) is 4.74 Å². The maximum absolute atomic E-state index is 11.0. The summed E-state index contributed by atoms with van der Waals surface area (Å²) in [4.78, 5) is 11.0. The van der Waals surface area contributed by atoms with Crippen LogP contribution in [-0.2, 0) is 16.0 Å². The molecule has 0 amide bonds. The molecule has 15 heavy (non-hydrogen) atoms. The fourth-order valence-corrected chi connectivity index (χ4v) is 1.24. The average Bonchev–Trinajstić information content (AvgIpc) is 2.28. The Labute approximate surface area is 87.7 Å². The van der Waals surface area contributed by atoms with Crippen molar-refractivity contribution in [2.45, 2.75) is 12.5 Å². The van der Waals surface area contributed by atoms with Crippen LogP contribution in [0.5, 0.6) is 0 Å². The van der Waals surface area contributed by atoms with Crippen LogP contribution < -0.4 is 0 Å². The van der Waals surface area contributed by atoms with Gasteiger partial charge in [0, 0.05) is 6.42 Å². The van der Waals surface area contributed by atoms with E-state index in [0.717, 1.165) is 0 Å². The van der Waals surface area contributed by atoms with Gasteiger partial charge in [0.1, 0.15) is 0 Å². The van der Waals surface area contributed by atoms with Gasteiger partial charge in [-0.3, -0.25) is 0 Å². The zero-order valence-corrected chi connectivity index (χ0v) is 8.30. The maximum atomic E-state index is 11.0. The highest BCUT2D eigenvalue weighted by Gasteiger charge is 2.17. The minimum Gasteiger partial charge on any atom is -0.467 e. The van der Waals surface area contributed by atoms with Crippen LogP contribution in [-0.4, -0.2) is 24.3 Å². The highest BCUT2D eigenvalue weighted by molar-refractivity contribution is 5.74. The van der Waals surface area contributed by atoms with Gasteiger partial charge < -0.3 is 9.84 Å². The minimum absolute atomic E-state index is 0.0937. The molecular weight excluding hydrogens is 194 g/mol. The molecule has 0 heterocycles. The van der Waals surface area contributed by atoms with Crippen molar-refractivity contribution in [2.24, 2.45) is 0 Å². The van der Waals surface area contributed by atoms with E-state index in [1.807, 2.05) is 6.07 Å². The van der Waals surface area contributed by atoms with E-state index >= 15 is 0 Å². The topological polar surface area (TPSA) is 70.3 Å². The van der Waals surface area contributed by atoms with Gasteiger partial charge in [-0.1, -0.05) is 18.2 Å². The van der Waals surface area contributed by atoms with E-state index in [4.69, 9.17) is 5.26 Å². The Morgan fingerprint density at radius 2 is 2.27 bits per heavy atom. The summed E-state index contributed by atoms with van der Waals surface area (Å²) < 4.78 is 4.39. The van der Waals surface area contributed by atoms with Gasteiger partial charge in [0.15, 0.2) is 6.10 Å². The van der Waals surface area contributed by atoms with Crippen LogP contribution in [0, 0.1) is 11.3 Å². The monoisotopic (exact) mass is 205 g/mol. The standard InChI is InChI=1S/C11H11NO3/c1-15-11(14)10(13)6-8-4-2-3-5-9(8)7-12/h2-5,10,13H,6H2,1H3. The third-order valence-electron chi connectivity index (χ3n) is 2.02. The molecule has 1 unspecified atom stereocenters. The van der Waals surface area contributed by atoms with Gasteiger partial charge >= 0.3 is 5.97 Å². The van der Waals surface area contributed by atoms with Gasteiger partial charge in [0.05, 0.1) is 18.7 Å². The predicted molar refractivity (Wildman–Crippen MR) is 52.9 cm³/mol. The molecule has 0 spiro atoms. The molecule has 1 aromatic carbocycles. The number of carbonyl (C=O) groups excluding carboxylic acids is 1. The number of hydrogen-bond acceptors (Lipinski definition) is 4. The molecule has 1 atom stereocenters. The van der Waals surface area contributed by atoms with Gasteiger partial charge in [-0.2, -0.15) is 5.26 Å². The van der Waals surface area contributed by atoms with Gasteiger partial charge in [0.2, 0.25) is 0 Å². The van der Waals surface area contributed by atoms with Gasteiger partial charge in [-0.05, 0) is 11.6 Å². The molecule has 1 aromatic rings. The summed E-state index contributed by atoms with van der Waals surface area (Å²) in [6.07, 6.45) is -1.12. The highest BCUT2D eigenvalue weighted by Crippen LogP contribution is 2.10. The summed E-state index contributed by atoms with van der Waals surface area (Å²) >= 11 is 0. The largest absolute Gasteiger partial charge is 0.467 e. The Balaban J connectivity index is 2.81. The fraction of sp³-hybridized carbons (Fsp3) is 0.273. The first-order valence-corrected chi connectivity index (χ1v) is 4.43. The van der Waals surface area contributed by atoms with Crippen molar-refractivity contribution in [1.29, 1.82) is 5.26 Å². The van der Waals surface area contributed by atoms with Crippen molar-refractivity contribution in [1.82, 2.24) is 0 Å². The third kappa shape index (κ3) is 2.79. The summed E-state index contributed by atoms with van der Waals surface area (Å²) in [5.74, 6) is -0.692. The van der Waals surface area contributed by atoms with E-state index < -0.39 is 12.1 Å². The fourth-order valence-electron chi connectivity index (χ4n) is 1.24. The summed E-state index contributed by atoms with van der Waals surface area (Å²) in [5, 5.41) is 18.2. The lowest BCUT2D eigenvalue weighted by molar-refractivity contribution is -0.150. The first-order chi connectivity index (χ1) is 7.19. The number of hydrogen-bond donors (Lipinski definition) is 1. The summed E-state index contributed by atoms with van der Waals surface area (Å²) in [6.45, 7) is 0. The SMILES string of the molecule is COC(=O)C(O)Cc1ccccc1C#N. The maximum Gasteiger partial charge on any atom is 0.335 e. The number of nitrogens with zero attached hydrogens (tertiary/aromatic N) is 1. The number of methoxy groups -OCH3 is 1. The zero-order valence-electron chi connectivity index (χ0n) is 8.30. The van der Waals surface area contributed by atoms with Crippen molar-refractivity contribution in [3.8, 4) is 6.07 Å². The van der Waals surface area contributed by atoms with Crippen molar-refractivity contribution >= 4 is 5.97 Å². The molecule has 1 rings (SSSR count). The molecule has 0 aliphatic carbocycles. The van der Waals surface area contributed by atoms with Crippen molar-refractivity contribution < 1.29 is 14.6 Å². The second-order valence-corrected chi connectivity index (χ2v) is 3.01. The number of aliphatic hydroxyl groups excluding tert-OH is 1. The van der Waals surface area contributed by atoms with Gasteiger partial charge in [-0.25, -0.2) is 4.79 Å². The Morgan fingerprint density at radius 1 is 1.60 bits per heavy atom. The Kier molecular flexibility index (Phi) is 3.83. The van der Waals surface area contributed by atoms with Crippen LogP contribution in [0.3, 0.4) is 0 Å². The zero-order chi connectivity index (χ0) is 11.3. The number of rotatable bonds is 3. The van der Waals surface area contributed by atoms with E-state index in [0.29, 0.717) is 11.1 Å². The number of esters is 1. The third-order valence-corrected chi connectivity index (χ3v) is 2.02. The normalized spacial score (nSPS) is 11.5. The van der Waals surface area contributed by atoms with Gasteiger partial charge in [-0.15, -0.1) is 0 Å². The number of aliphatic hydroxyl groups is 1. The Morgan fingerprint density at radius 3 is 2.87 bits per heavy atom. The lowest BCUT2D eigenvalue weighted by Crippen LogP contribution is -2.24. The van der Waals surface area contributed by atoms with E-state index in [1.54, 1.807) is 24.3 Å². The van der Waals surface area contributed by atoms with Crippen LogP contribution in [0.4, 0.5) is 0 Å². The molecule has 0 radical (unpaired) electrons. The molecule has 1 N–H and O–H groups in total. The van der Waals surface area contributed by atoms with E-state index in [-0.39, 0.29) is 6.42 Å². The molecule has 4 heteroatoms. The quantitative estimate of drug-likeness (QED) is 0.735. The van der Waals surface area contributed by atoms with Crippen LogP contribution in [0.2, 0.25) is 0 Å². The number of nitriles is 1. The molecular formula is C11H11NO3. The molecule has 0 fully saturated rings. The molecule has 0 saturated carbocycles. The summed E-state index contributed by atoms with van der Waals surface area (Å²) in [7, 11) is 1.21. The lowest BCUT2D eigenvalue weighted by atomic mass is 10.0. The minimum atomic E-state index is -1.22. The molecule has 4 nitrogen and oxygen atoms in total. The van der Waals surface area contributed by atoms with Crippen LogP contribution in [0.1, 0.15) is 11.1 Å². The lowest BCUT2D eigenvalue weighted by Gasteiger charge is -2.08. The van der Waals surface area contributed by atoms with Gasteiger partial charge in [0.25, 0.3) is 0 Å². The van der Waals surface area contributed by atoms with E-state index in [1.165, 1.54) is 7.11 Å². The smallest absolute Gasteiger partial charge is 0.335 e. The van der Waals surface area contributed by atoms with Crippen molar-refractivity contribution in [3.05, 3.63) is 35.4 Å². The van der Waals surface area contributed by atoms with Crippen LogP contribution in [0.15, 0.2) is 24.3 Å². The first-order valence-electron chi connectivity index (χ1n) is 4.43. The molecule has 0 aliphatic heterocycles. The van der Waals surface area contributed by atoms with Crippen LogP contribution >= 0.6 is 0 Å². The predicted octanol–water partition coefficient (Wildman–Crippen LogP) is 0.635. The number of ether oxygens (including phenoxy) is 1. The molecule has 0 aromatic heterocycles. The summed E-state index contributed by atoms with van der Waals surface area (Å²) in [5.41, 5.74) is 1.10. The first kappa shape index (κ1) is 11.2. The second-order valence-electron chi connectivity index (χ2n) is 3.01. The number of carbonyl (C=O) groups is 1. The number of benzene rings is 1. The second kappa shape index (κ2) is 5.13. The Bertz CT molecular complexity index is 395. The summed E-state index contributed by atoms with van der Waals surface area (Å²) in [6, 6.07) is 8.81. The molecule has 78 valence electrons. The Hall–Kier alpha value is -1.86. The molecule has 0 aliphatic rings. The average molecular weight is 205 g/mol. The molecule has 0 bridgehead atoms. The van der Waals surface area contributed by atoms with Crippen molar-refractivity contribution in [2.75, 3.05) is 7.11 Å². The molecule has 0 saturated heterocycles. The van der Waals surface area contributed by atoms with E-state index in [9.17, 15) is 9.90 Å². The van der Waals surface area contributed by atoms with Crippen molar-refractivity contribution in [3.63, 3.8) is 0 Å². The highest BCUT2D eigenvalue weighted by atomic mass is 16.5.